The second-order valence-electron chi connectivity index (χ2n) is 6.82. The molecule has 0 radical (unpaired) electrons. The lowest BCUT2D eigenvalue weighted by molar-refractivity contribution is -0.00304. The van der Waals surface area contributed by atoms with Crippen LogP contribution >= 0.6 is 0 Å². The Balaban J connectivity index is 2.09. The quantitative estimate of drug-likeness (QED) is 0.807. The van der Waals surface area contributed by atoms with Gasteiger partial charge in [-0.2, -0.15) is 0 Å². The number of hydrogen-bond donors (Lipinski definition) is 1. The first-order chi connectivity index (χ1) is 9.18. The van der Waals surface area contributed by atoms with Crippen LogP contribution in [-0.2, 0) is 4.74 Å². The monoisotopic (exact) mass is 290 g/mol. The van der Waals surface area contributed by atoms with Crippen molar-refractivity contribution in [1.82, 2.24) is 10.2 Å². The van der Waals surface area contributed by atoms with E-state index in [1.54, 1.807) is 20.8 Å². The zero-order valence-corrected chi connectivity index (χ0v) is 12.4. The number of carbonyl (C=O) groups is 1. The van der Waals surface area contributed by atoms with Crippen LogP contribution in [0.4, 0.5) is 13.6 Å². The van der Waals surface area contributed by atoms with Crippen LogP contribution in [-0.4, -0.2) is 48.2 Å². The summed E-state index contributed by atoms with van der Waals surface area (Å²) in [5.41, 5.74) is -0.659. The third-order valence-corrected chi connectivity index (χ3v) is 3.87. The van der Waals surface area contributed by atoms with Crippen molar-refractivity contribution >= 4 is 6.09 Å². The van der Waals surface area contributed by atoms with E-state index in [1.165, 1.54) is 4.90 Å². The standard InChI is InChI=1S/C14H24F2N2O2/c1-13(2,3)20-12(19)18-9-14(15,16)8-11(18)10-4-6-17-7-5-10/h10-11,17H,4-9H2,1-3H3. The molecule has 1 atom stereocenters. The Morgan fingerprint density at radius 2 is 1.90 bits per heavy atom. The number of nitrogens with zero attached hydrogens (tertiary/aromatic N) is 1. The van der Waals surface area contributed by atoms with Gasteiger partial charge < -0.3 is 10.1 Å². The fourth-order valence-corrected chi connectivity index (χ4v) is 3.02. The van der Waals surface area contributed by atoms with E-state index >= 15 is 0 Å². The molecule has 0 aromatic carbocycles. The van der Waals surface area contributed by atoms with Crippen LogP contribution in [0.5, 0.6) is 0 Å². The van der Waals surface area contributed by atoms with Gasteiger partial charge in [0, 0.05) is 12.5 Å². The molecule has 2 fully saturated rings. The molecule has 20 heavy (non-hydrogen) atoms. The third-order valence-electron chi connectivity index (χ3n) is 3.87. The molecule has 1 amide bonds. The number of ether oxygens (including phenoxy) is 1. The molecule has 1 unspecified atom stereocenters. The zero-order chi connectivity index (χ0) is 15.0. The van der Waals surface area contributed by atoms with Crippen molar-refractivity contribution in [2.75, 3.05) is 19.6 Å². The van der Waals surface area contributed by atoms with Crippen molar-refractivity contribution in [2.24, 2.45) is 5.92 Å². The topological polar surface area (TPSA) is 41.6 Å². The Morgan fingerprint density at radius 1 is 1.30 bits per heavy atom. The number of carbonyl (C=O) groups excluding carboxylic acids is 1. The summed E-state index contributed by atoms with van der Waals surface area (Å²) in [6.45, 7) is 6.39. The van der Waals surface area contributed by atoms with Gasteiger partial charge in [-0.25, -0.2) is 13.6 Å². The fourth-order valence-electron chi connectivity index (χ4n) is 3.02. The molecule has 2 aliphatic rings. The van der Waals surface area contributed by atoms with E-state index in [9.17, 15) is 13.6 Å². The summed E-state index contributed by atoms with van der Waals surface area (Å²) in [4.78, 5) is 13.4. The smallest absolute Gasteiger partial charge is 0.410 e. The van der Waals surface area contributed by atoms with Crippen LogP contribution < -0.4 is 5.32 Å². The predicted molar refractivity (Wildman–Crippen MR) is 71.9 cm³/mol. The van der Waals surface area contributed by atoms with Crippen LogP contribution in [0.1, 0.15) is 40.0 Å². The number of nitrogens with one attached hydrogen (secondary N) is 1. The molecule has 0 bridgehead atoms. The first-order valence-electron chi connectivity index (χ1n) is 7.26. The molecule has 6 heteroatoms. The van der Waals surface area contributed by atoms with Crippen molar-refractivity contribution in [3.63, 3.8) is 0 Å². The lowest BCUT2D eigenvalue weighted by atomic mass is 9.88. The molecular weight excluding hydrogens is 266 g/mol. The summed E-state index contributed by atoms with van der Waals surface area (Å²) in [7, 11) is 0. The molecule has 0 aromatic heterocycles. The van der Waals surface area contributed by atoms with E-state index in [1.807, 2.05) is 0 Å². The SMILES string of the molecule is CC(C)(C)OC(=O)N1CC(F)(F)CC1C1CCNCC1. The van der Waals surface area contributed by atoms with E-state index < -0.39 is 30.2 Å². The highest BCUT2D eigenvalue weighted by atomic mass is 19.3. The molecule has 1 N–H and O–H groups in total. The summed E-state index contributed by atoms with van der Waals surface area (Å²) in [5.74, 6) is -2.66. The van der Waals surface area contributed by atoms with Crippen LogP contribution in [0.15, 0.2) is 0 Å². The molecule has 4 nitrogen and oxygen atoms in total. The van der Waals surface area contributed by atoms with Crippen LogP contribution in [0.3, 0.4) is 0 Å². The normalized spacial score (nSPS) is 27.6. The summed E-state index contributed by atoms with van der Waals surface area (Å²) in [6, 6.07) is -0.401. The lowest BCUT2D eigenvalue weighted by Gasteiger charge is -2.34. The number of likely N-dealkylation sites (tertiary alicyclic amines) is 1. The number of amides is 1. The van der Waals surface area contributed by atoms with Gasteiger partial charge in [-0.05, 0) is 52.6 Å². The Labute approximate surface area is 118 Å². The van der Waals surface area contributed by atoms with Crippen molar-refractivity contribution in [3.8, 4) is 0 Å². The second kappa shape index (κ2) is 5.47. The minimum Gasteiger partial charge on any atom is -0.444 e. The van der Waals surface area contributed by atoms with Gasteiger partial charge in [-0.3, -0.25) is 4.90 Å². The first-order valence-corrected chi connectivity index (χ1v) is 7.26. The number of hydrogen-bond acceptors (Lipinski definition) is 3. The Hall–Kier alpha value is -0.910. The van der Waals surface area contributed by atoms with E-state index in [2.05, 4.69) is 5.32 Å². The summed E-state index contributed by atoms with van der Waals surface area (Å²) >= 11 is 0. The molecule has 0 aromatic rings. The first kappa shape index (κ1) is 15.5. The average molecular weight is 290 g/mol. The molecule has 0 aliphatic carbocycles. The third kappa shape index (κ3) is 3.81. The molecule has 0 saturated carbocycles. The predicted octanol–water partition coefficient (Wildman–Crippen LogP) is 2.63. The van der Waals surface area contributed by atoms with Crippen molar-refractivity contribution in [2.45, 2.75) is 57.6 Å². The van der Waals surface area contributed by atoms with E-state index in [0.717, 1.165) is 25.9 Å². The van der Waals surface area contributed by atoms with Crippen molar-refractivity contribution in [1.29, 1.82) is 0 Å². The highest BCUT2D eigenvalue weighted by Gasteiger charge is 2.50. The fraction of sp³-hybridized carbons (Fsp3) is 0.929. The summed E-state index contributed by atoms with van der Waals surface area (Å²) in [6.07, 6.45) is 0.815. The van der Waals surface area contributed by atoms with Crippen LogP contribution in [0.25, 0.3) is 0 Å². The Kier molecular flexibility index (Phi) is 4.23. The average Bonchev–Trinajstić information content (AvgIpc) is 2.65. The van der Waals surface area contributed by atoms with Crippen LogP contribution in [0, 0.1) is 5.92 Å². The van der Waals surface area contributed by atoms with Gasteiger partial charge >= 0.3 is 6.09 Å². The van der Waals surface area contributed by atoms with E-state index in [4.69, 9.17) is 4.74 Å². The van der Waals surface area contributed by atoms with E-state index in [0.29, 0.717) is 0 Å². The minimum absolute atomic E-state index is 0.136. The number of halogens is 2. The lowest BCUT2D eigenvalue weighted by Crippen LogP contribution is -2.45. The van der Waals surface area contributed by atoms with Gasteiger partial charge in [0.2, 0.25) is 0 Å². The largest absolute Gasteiger partial charge is 0.444 e. The number of alkyl halides is 2. The molecule has 116 valence electrons. The van der Waals surface area contributed by atoms with Gasteiger partial charge in [0.15, 0.2) is 0 Å². The van der Waals surface area contributed by atoms with E-state index in [-0.39, 0.29) is 12.3 Å². The van der Waals surface area contributed by atoms with Gasteiger partial charge in [0.25, 0.3) is 5.92 Å². The van der Waals surface area contributed by atoms with Gasteiger partial charge in [0.1, 0.15) is 5.60 Å². The molecule has 2 aliphatic heterocycles. The van der Waals surface area contributed by atoms with Crippen molar-refractivity contribution < 1.29 is 18.3 Å². The molecule has 2 heterocycles. The summed E-state index contributed by atoms with van der Waals surface area (Å²) < 4.78 is 32.7. The Morgan fingerprint density at radius 3 is 2.45 bits per heavy atom. The van der Waals surface area contributed by atoms with Gasteiger partial charge in [0.05, 0.1) is 6.54 Å². The maximum atomic E-state index is 13.7. The maximum Gasteiger partial charge on any atom is 0.410 e. The van der Waals surface area contributed by atoms with Crippen molar-refractivity contribution in [3.05, 3.63) is 0 Å². The van der Waals surface area contributed by atoms with Crippen LogP contribution in [0.2, 0.25) is 0 Å². The number of piperidine rings is 1. The molecule has 2 saturated heterocycles. The summed E-state index contributed by atoms with van der Waals surface area (Å²) in [5, 5.41) is 3.22. The van der Waals surface area contributed by atoms with Gasteiger partial charge in [-0.1, -0.05) is 0 Å². The highest BCUT2D eigenvalue weighted by molar-refractivity contribution is 5.69. The van der Waals surface area contributed by atoms with Gasteiger partial charge in [-0.15, -0.1) is 0 Å². The zero-order valence-electron chi connectivity index (χ0n) is 12.4. The minimum atomic E-state index is -2.80. The molecule has 0 spiro atoms. The maximum absolute atomic E-state index is 13.7. The molecular formula is C14H24F2N2O2. The molecule has 2 rings (SSSR count). The number of rotatable bonds is 1. The highest BCUT2D eigenvalue weighted by Crippen LogP contribution is 2.38. The second-order valence-corrected chi connectivity index (χ2v) is 6.82. The Bertz CT molecular complexity index is 363.